The Hall–Kier alpha value is -0.900. The molecule has 0 radical (unpaired) electrons. The van der Waals surface area contributed by atoms with Crippen molar-refractivity contribution in [3.63, 3.8) is 0 Å². The molecule has 14 heavy (non-hydrogen) atoms. The van der Waals surface area contributed by atoms with Gasteiger partial charge in [0, 0.05) is 11.0 Å². The highest BCUT2D eigenvalue weighted by molar-refractivity contribution is 9.10. The number of halogens is 2. The number of benzene rings is 1. The summed E-state index contributed by atoms with van der Waals surface area (Å²) >= 11 is 3.23. The Bertz CT molecular complexity index is 341. The lowest BCUT2D eigenvalue weighted by Gasteiger charge is -2.04. The van der Waals surface area contributed by atoms with Crippen molar-refractivity contribution in [1.82, 2.24) is 5.32 Å². The fourth-order valence-electron chi connectivity index (χ4n) is 1.11. The molecule has 0 spiro atoms. The van der Waals surface area contributed by atoms with Gasteiger partial charge in [-0.3, -0.25) is 4.79 Å². The molecule has 0 heterocycles. The van der Waals surface area contributed by atoms with Gasteiger partial charge in [0.05, 0.1) is 6.42 Å². The lowest BCUT2D eigenvalue weighted by molar-refractivity contribution is -0.120. The number of nitrogens with one attached hydrogen (secondary N) is 1. The normalized spacial score (nSPS) is 9.93. The van der Waals surface area contributed by atoms with Gasteiger partial charge >= 0.3 is 0 Å². The second-order valence-corrected chi connectivity index (χ2v) is 3.78. The minimum atomic E-state index is -0.348. The van der Waals surface area contributed by atoms with Crippen LogP contribution in [0.25, 0.3) is 0 Å². The van der Waals surface area contributed by atoms with Gasteiger partial charge in [0.2, 0.25) is 5.91 Å². The first-order valence-corrected chi connectivity index (χ1v) is 5.13. The van der Waals surface area contributed by atoms with E-state index in [1.54, 1.807) is 12.1 Å². The molecule has 0 fully saturated rings. The van der Waals surface area contributed by atoms with Gasteiger partial charge in [-0.05, 0) is 30.7 Å². The van der Waals surface area contributed by atoms with E-state index in [-0.39, 0.29) is 18.1 Å². The zero-order valence-electron chi connectivity index (χ0n) is 7.81. The molecule has 4 heteroatoms. The number of carbonyl (C=O) groups is 1. The summed E-state index contributed by atoms with van der Waals surface area (Å²) in [6.07, 6.45) is 0.0825. The molecule has 0 aliphatic rings. The minimum absolute atomic E-state index is 0.0825. The van der Waals surface area contributed by atoms with Crippen LogP contribution in [0.15, 0.2) is 22.7 Å². The molecule has 1 amide bonds. The van der Waals surface area contributed by atoms with Crippen molar-refractivity contribution < 1.29 is 9.18 Å². The standard InChI is InChI=1S/C10H11BrFNO/c1-2-13-10(14)6-7-5-8(11)3-4-9(7)12/h3-5H,2,6H2,1H3,(H,13,14). The summed E-state index contributed by atoms with van der Waals surface area (Å²) in [7, 11) is 0. The van der Waals surface area contributed by atoms with Gasteiger partial charge in [0.15, 0.2) is 0 Å². The first-order valence-electron chi connectivity index (χ1n) is 4.34. The van der Waals surface area contributed by atoms with Crippen molar-refractivity contribution in [2.75, 3.05) is 6.54 Å². The lowest BCUT2D eigenvalue weighted by atomic mass is 10.1. The Kier molecular flexibility index (Phi) is 4.07. The smallest absolute Gasteiger partial charge is 0.224 e. The summed E-state index contributed by atoms with van der Waals surface area (Å²) in [4.78, 5) is 11.2. The first-order chi connectivity index (χ1) is 6.63. The van der Waals surface area contributed by atoms with E-state index in [1.165, 1.54) is 6.07 Å². The first kappa shape index (κ1) is 11.2. The van der Waals surface area contributed by atoms with E-state index in [0.717, 1.165) is 4.47 Å². The molecule has 0 saturated heterocycles. The molecule has 1 rings (SSSR count). The van der Waals surface area contributed by atoms with Crippen LogP contribution in [-0.2, 0) is 11.2 Å². The highest BCUT2D eigenvalue weighted by Crippen LogP contribution is 2.15. The SMILES string of the molecule is CCNC(=O)Cc1cc(Br)ccc1F. The molecule has 0 aromatic heterocycles. The van der Waals surface area contributed by atoms with Crippen LogP contribution in [-0.4, -0.2) is 12.5 Å². The number of carbonyl (C=O) groups excluding carboxylic acids is 1. The van der Waals surface area contributed by atoms with Gasteiger partial charge in [-0.15, -0.1) is 0 Å². The van der Waals surface area contributed by atoms with Gasteiger partial charge in [-0.1, -0.05) is 15.9 Å². The van der Waals surface area contributed by atoms with Crippen LogP contribution in [0, 0.1) is 5.82 Å². The summed E-state index contributed by atoms with van der Waals surface area (Å²) in [6, 6.07) is 4.57. The van der Waals surface area contributed by atoms with Crippen molar-refractivity contribution in [1.29, 1.82) is 0 Å². The molecule has 76 valence electrons. The largest absolute Gasteiger partial charge is 0.356 e. The average Bonchev–Trinajstić information content (AvgIpc) is 2.12. The maximum atomic E-state index is 13.2. The van der Waals surface area contributed by atoms with Crippen LogP contribution in [0.4, 0.5) is 4.39 Å². The van der Waals surface area contributed by atoms with Crippen LogP contribution in [0.1, 0.15) is 12.5 Å². The Morgan fingerprint density at radius 2 is 2.29 bits per heavy atom. The predicted molar refractivity (Wildman–Crippen MR) is 56.5 cm³/mol. The fraction of sp³-hybridized carbons (Fsp3) is 0.300. The van der Waals surface area contributed by atoms with E-state index < -0.39 is 0 Å². The van der Waals surface area contributed by atoms with Gasteiger partial charge in [0.25, 0.3) is 0 Å². The second kappa shape index (κ2) is 5.10. The van der Waals surface area contributed by atoms with Crippen molar-refractivity contribution >= 4 is 21.8 Å². The molecular formula is C10H11BrFNO. The summed E-state index contributed by atoms with van der Waals surface area (Å²) < 4.78 is 13.9. The zero-order chi connectivity index (χ0) is 10.6. The molecule has 1 aromatic rings. The number of hydrogen-bond donors (Lipinski definition) is 1. The van der Waals surface area contributed by atoms with Gasteiger partial charge < -0.3 is 5.32 Å². The third-order valence-electron chi connectivity index (χ3n) is 1.73. The van der Waals surface area contributed by atoms with Crippen LogP contribution in [0.3, 0.4) is 0 Å². The van der Waals surface area contributed by atoms with Crippen molar-refractivity contribution in [2.24, 2.45) is 0 Å². The Balaban J connectivity index is 2.75. The number of rotatable bonds is 3. The average molecular weight is 260 g/mol. The second-order valence-electron chi connectivity index (χ2n) is 2.87. The van der Waals surface area contributed by atoms with Crippen LogP contribution >= 0.6 is 15.9 Å². The van der Waals surface area contributed by atoms with E-state index in [1.807, 2.05) is 6.92 Å². The molecule has 0 atom stereocenters. The summed E-state index contributed by atoms with van der Waals surface area (Å²) in [5.41, 5.74) is 0.408. The van der Waals surface area contributed by atoms with E-state index in [0.29, 0.717) is 12.1 Å². The van der Waals surface area contributed by atoms with Gasteiger partial charge in [-0.2, -0.15) is 0 Å². The Morgan fingerprint density at radius 3 is 2.93 bits per heavy atom. The van der Waals surface area contributed by atoms with Gasteiger partial charge in [-0.25, -0.2) is 4.39 Å². The van der Waals surface area contributed by atoms with Crippen molar-refractivity contribution in [3.05, 3.63) is 34.1 Å². The Labute approximate surface area is 90.6 Å². The lowest BCUT2D eigenvalue weighted by Crippen LogP contribution is -2.24. The highest BCUT2D eigenvalue weighted by Gasteiger charge is 2.07. The molecule has 2 nitrogen and oxygen atoms in total. The zero-order valence-corrected chi connectivity index (χ0v) is 9.40. The van der Waals surface area contributed by atoms with E-state index in [9.17, 15) is 9.18 Å². The number of amides is 1. The van der Waals surface area contributed by atoms with Crippen LogP contribution < -0.4 is 5.32 Å². The molecular weight excluding hydrogens is 249 g/mol. The van der Waals surface area contributed by atoms with E-state index in [4.69, 9.17) is 0 Å². The van der Waals surface area contributed by atoms with Crippen molar-refractivity contribution in [3.8, 4) is 0 Å². The number of likely N-dealkylation sites (N-methyl/N-ethyl adjacent to an activating group) is 1. The molecule has 1 N–H and O–H groups in total. The molecule has 1 aromatic carbocycles. The maximum Gasteiger partial charge on any atom is 0.224 e. The molecule has 0 unspecified atom stereocenters. The van der Waals surface area contributed by atoms with Crippen molar-refractivity contribution in [2.45, 2.75) is 13.3 Å². The third kappa shape index (κ3) is 3.10. The van der Waals surface area contributed by atoms with Crippen LogP contribution in [0.2, 0.25) is 0 Å². The quantitative estimate of drug-likeness (QED) is 0.887. The van der Waals surface area contributed by atoms with E-state index in [2.05, 4.69) is 21.2 Å². The predicted octanol–water partition coefficient (Wildman–Crippen LogP) is 2.27. The topological polar surface area (TPSA) is 29.1 Å². The summed E-state index contributed by atoms with van der Waals surface area (Å²) in [5, 5.41) is 2.62. The molecule has 0 aliphatic carbocycles. The highest BCUT2D eigenvalue weighted by atomic mass is 79.9. The maximum absolute atomic E-state index is 13.2. The van der Waals surface area contributed by atoms with E-state index >= 15 is 0 Å². The molecule has 0 saturated carbocycles. The molecule has 0 bridgehead atoms. The summed E-state index contributed by atoms with van der Waals surface area (Å²) in [5.74, 6) is -0.510. The fourth-order valence-corrected chi connectivity index (χ4v) is 1.52. The number of hydrogen-bond acceptors (Lipinski definition) is 1. The monoisotopic (exact) mass is 259 g/mol. The molecule has 0 aliphatic heterocycles. The summed E-state index contributed by atoms with van der Waals surface area (Å²) in [6.45, 7) is 2.39. The van der Waals surface area contributed by atoms with Gasteiger partial charge in [0.1, 0.15) is 5.82 Å². The minimum Gasteiger partial charge on any atom is -0.356 e. The third-order valence-corrected chi connectivity index (χ3v) is 2.23. The van der Waals surface area contributed by atoms with Crippen LogP contribution in [0.5, 0.6) is 0 Å². The Morgan fingerprint density at radius 1 is 1.57 bits per heavy atom.